The fraction of sp³-hybridized carbons (Fsp3) is 0.360. The Balaban J connectivity index is 1.43. The van der Waals surface area contributed by atoms with E-state index in [1.54, 1.807) is 12.1 Å². The zero-order valence-corrected chi connectivity index (χ0v) is 21.1. The van der Waals surface area contributed by atoms with Gasteiger partial charge in [-0.1, -0.05) is 23.2 Å². The zero-order valence-electron chi connectivity index (χ0n) is 19.6. The molecular weight excluding hydrogens is 490 g/mol. The van der Waals surface area contributed by atoms with Gasteiger partial charge in [0, 0.05) is 43.5 Å². The molecule has 2 N–H and O–H groups in total. The molecule has 0 spiro atoms. The minimum atomic E-state index is -0.290. The van der Waals surface area contributed by atoms with E-state index in [-0.39, 0.29) is 11.9 Å². The summed E-state index contributed by atoms with van der Waals surface area (Å²) in [4.78, 5) is 13.2. The lowest BCUT2D eigenvalue weighted by Gasteiger charge is -2.35. The molecule has 1 fully saturated rings. The zero-order chi connectivity index (χ0) is 24.5. The minimum absolute atomic E-state index is 0.279. The summed E-state index contributed by atoms with van der Waals surface area (Å²) in [6.07, 6.45) is 1.53. The number of benzene rings is 2. The number of nitrogens with one attached hydrogen (secondary N) is 2. The van der Waals surface area contributed by atoms with Crippen LogP contribution in [0.4, 0.5) is 27.4 Å². The quantitative estimate of drug-likeness (QED) is 0.473. The summed E-state index contributed by atoms with van der Waals surface area (Å²) < 4.78 is 20.7. The summed E-state index contributed by atoms with van der Waals surface area (Å²) in [5.74, 6) is 0.685. The van der Waals surface area contributed by atoms with Crippen molar-refractivity contribution in [2.45, 2.75) is 19.9 Å². The Hall–Kier alpha value is -2.81. The molecule has 2 aromatic carbocycles. The van der Waals surface area contributed by atoms with Crippen LogP contribution >= 0.6 is 23.2 Å². The normalized spacial score (nSPS) is 15.7. The topological polar surface area (TPSA) is 65.6 Å². The highest BCUT2D eigenvalue weighted by molar-refractivity contribution is 6.34. The van der Waals surface area contributed by atoms with Gasteiger partial charge >= 0.3 is 0 Å². The molecule has 0 bridgehead atoms. The van der Waals surface area contributed by atoms with Gasteiger partial charge in [-0.2, -0.15) is 0 Å². The van der Waals surface area contributed by atoms with Crippen LogP contribution in [0.1, 0.15) is 13.8 Å². The average molecular weight is 517 g/mol. The Morgan fingerprint density at radius 1 is 1.06 bits per heavy atom. The number of aromatic nitrogens is 2. The van der Waals surface area contributed by atoms with Gasteiger partial charge in [0.2, 0.25) is 5.95 Å². The van der Waals surface area contributed by atoms with Crippen molar-refractivity contribution in [2.75, 3.05) is 54.4 Å². The fourth-order valence-electron chi connectivity index (χ4n) is 4.48. The van der Waals surface area contributed by atoms with Gasteiger partial charge < -0.3 is 25.2 Å². The summed E-state index contributed by atoms with van der Waals surface area (Å²) in [7, 11) is 0. The van der Waals surface area contributed by atoms with Gasteiger partial charge in [-0.05, 0) is 44.2 Å². The molecule has 3 heterocycles. The number of anilines is 4. The largest absolute Gasteiger partial charge is 0.488 e. The second-order valence-electron chi connectivity index (χ2n) is 8.86. The molecule has 1 aromatic heterocycles. The second kappa shape index (κ2) is 10.0. The summed E-state index contributed by atoms with van der Waals surface area (Å²) in [6, 6.07) is 9.13. The van der Waals surface area contributed by atoms with E-state index in [4.69, 9.17) is 27.9 Å². The molecule has 0 atom stereocenters. The SMILES string of the molecule is CC(C)N1CCOc2c(Cl)cc(-c3nc(Nc4ccc(N5CCNCC5)c(F)c4)ncc3Cl)cc21. The lowest BCUT2D eigenvalue weighted by atomic mass is 10.1. The molecule has 10 heteroatoms. The van der Waals surface area contributed by atoms with E-state index < -0.39 is 0 Å². The maximum atomic E-state index is 14.9. The van der Waals surface area contributed by atoms with Crippen LogP contribution in [0.15, 0.2) is 36.5 Å². The number of hydrogen-bond acceptors (Lipinski definition) is 7. The van der Waals surface area contributed by atoms with E-state index in [1.165, 1.54) is 12.3 Å². The third-order valence-electron chi connectivity index (χ3n) is 6.21. The number of rotatable bonds is 5. The Kier molecular flexibility index (Phi) is 6.86. The number of piperazine rings is 1. The lowest BCUT2D eigenvalue weighted by molar-refractivity contribution is 0.303. The van der Waals surface area contributed by atoms with Crippen LogP contribution in [0.25, 0.3) is 11.3 Å². The van der Waals surface area contributed by atoms with E-state index in [1.807, 2.05) is 17.0 Å². The van der Waals surface area contributed by atoms with Crippen molar-refractivity contribution in [3.8, 4) is 17.0 Å². The molecule has 0 unspecified atom stereocenters. The van der Waals surface area contributed by atoms with Crippen LogP contribution in [0.2, 0.25) is 10.0 Å². The molecule has 0 radical (unpaired) electrons. The standard InChI is InChI=1S/C25H27Cl2FN6O/c1-15(2)34-9-10-35-24-18(26)11-16(12-22(24)34)23-19(27)14-30-25(32-23)31-17-3-4-21(20(28)13-17)33-7-5-29-6-8-33/h3-4,11-15,29H,5-10H2,1-2H3,(H,30,31,32). The first-order valence-corrected chi connectivity index (χ1v) is 12.4. The van der Waals surface area contributed by atoms with Gasteiger partial charge in [-0.15, -0.1) is 0 Å². The molecule has 35 heavy (non-hydrogen) atoms. The lowest BCUT2D eigenvalue weighted by Crippen LogP contribution is -2.43. The first kappa shape index (κ1) is 23.9. The van der Waals surface area contributed by atoms with Gasteiger partial charge in [0.25, 0.3) is 0 Å². The number of fused-ring (bicyclic) bond motifs is 1. The van der Waals surface area contributed by atoms with Crippen LogP contribution in [0.5, 0.6) is 5.75 Å². The van der Waals surface area contributed by atoms with Gasteiger partial charge in [-0.3, -0.25) is 0 Å². The highest BCUT2D eigenvalue weighted by Crippen LogP contribution is 2.43. The summed E-state index contributed by atoms with van der Waals surface area (Å²) in [6.45, 7) is 8.83. The number of halogens is 3. The van der Waals surface area contributed by atoms with E-state index in [2.05, 4.69) is 39.3 Å². The van der Waals surface area contributed by atoms with Crippen molar-refractivity contribution < 1.29 is 9.13 Å². The van der Waals surface area contributed by atoms with Crippen molar-refractivity contribution in [2.24, 2.45) is 0 Å². The summed E-state index contributed by atoms with van der Waals surface area (Å²) in [5.41, 5.74) is 3.33. The van der Waals surface area contributed by atoms with Crippen LogP contribution in [-0.4, -0.2) is 55.3 Å². The first-order valence-electron chi connectivity index (χ1n) is 11.7. The Morgan fingerprint density at radius 2 is 1.86 bits per heavy atom. The minimum Gasteiger partial charge on any atom is -0.488 e. The van der Waals surface area contributed by atoms with Gasteiger partial charge in [-0.25, -0.2) is 14.4 Å². The molecule has 0 amide bonds. The van der Waals surface area contributed by atoms with E-state index >= 15 is 0 Å². The number of hydrogen-bond donors (Lipinski definition) is 2. The Labute approximate surface area is 214 Å². The van der Waals surface area contributed by atoms with Crippen LogP contribution in [0, 0.1) is 5.82 Å². The Morgan fingerprint density at radius 3 is 2.60 bits per heavy atom. The predicted molar refractivity (Wildman–Crippen MR) is 140 cm³/mol. The van der Waals surface area contributed by atoms with E-state index in [9.17, 15) is 4.39 Å². The third-order valence-corrected chi connectivity index (χ3v) is 6.77. The smallest absolute Gasteiger partial charge is 0.227 e. The highest BCUT2D eigenvalue weighted by atomic mass is 35.5. The highest BCUT2D eigenvalue weighted by Gasteiger charge is 2.25. The van der Waals surface area contributed by atoms with Gasteiger partial charge in [0.05, 0.1) is 39.9 Å². The third kappa shape index (κ3) is 4.96. The molecule has 0 saturated carbocycles. The van der Waals surface area contributed by atoms with Crippen molar-refractivity contribution in [1.82, 2.24) is 15.3 Å². The van der Waals surface area contributed by atoms with Crippen molar-refractivity contribution in [1.29, 1.82) is 0 Å². The molecule has 2 aliphatic heterocycles. The van der Waals surface area contributed by atoms with Crippen molar-refractivity contribution >= 4 is 46.2 Å². The molecule has 0 aliphatic carbocycles. The van der Waals surface area contributed by atoms with Gasteiger partial charge in [0.1, 0.15) is 12.4 Å². The van der Waals surface area contributed by atoms with Crippen molar-refractivity contribution in [3.05, 3.63) is 52.4 Å². The van der Waals surface area contributed by atoms with Crippen LogP contribution in [-0.2, 0) is 0 Å². The second-order valence-corrected chi connectivity index (χ2v) is 9.67. The summed E-state index contributed by atoms with van der Waals surface area (Å²) in [5, 5.41) is 7.26. The number of ether oxygens (including phenoxy) is 1. The average Bonchev–Trinajstić information content (AvgIpc) is 2.85. The number of nitrogens with zero attached hydrogens (tertiary/aromatic N) is 4. The fourth-order valence-corrected chi connectivity index (χ4v) is 4.95. The van der Waals surface area contributed by atoms with Crippen LogP contribution in [0.3, 0.4) is 0 Å². The van der Waals surface area contributed by atoms with Crippen LogP contribution < -0.4 is 25.2 Å². The van der Waals surface area contributed by atoms with Gasteiger partial charge in [0.15, 0.2) is 5.75 Å². The molecule has 2 aliphatic rings. The molecule has 184 valence electrons. The molecule has 7 nitrogen and oxygen atoms in total. The van der Waals surface area contributed by atoms with E-state index in [0.717, 1.165) is 44.0 Å². The molecular formula is C25H27Cl2FN6O. The van der Waals surface area contributed by atoms with E-state index in [0.29, 0.717) is 45.4 Å². The maximum Gasteiger partial charge on any atom is 0.227 e. The molecule has 5 rings (SSSR count). The molecule has 1 saturated heterocycles. The molecule has 3 aromatic rings. The summed E-state index contributed by atoms with van der Waals surface area (Å²) >= 11 is 13.1. The Bertz CT molecular complexity index is 1230. The van der Waals surface area contributed by atoms with Crippen molar-refractivity contribution in [3.63, 3.8) is 0 Å². The first-order chi connectivity index (χ1) is 16.9. The predicted octanol–water partition coefficient (Wildman–Crippen LogP) is 5.35. The monoisotopic (exact) mass is 516 g/mol. The maximum absolute atomic E-state index is 14.9.